The third kappa shape index (κ3) is 1.70. The third-order valence-electron chi connectivity index (χ3n) is 1.13. The highest BCUT2D eigenvalue weighted by Gasteiger charge is 2.05. The van der Waals surface area contributed by atoms with Crippen molar-refractivity contribution in [2.75, 3.05) is 0 Å². The summed E-state index contributed by atoms with van der Waals surface area (Å²) < 4.78 is 13.2. The Morgan fingerprint density at radius 3 is 2.73 bits per heavy atom. The van der Waals surface area contributed by atoms with Crippen LogP contribution in [0.25, 0.3) is 0 Å². The molecule has 0 aliphatic rings. The van der Waals surface area contributed by atoms with Gasteiger partial charge in [0.1, 0.15) is 11.9 Å². The molecule has 0 saturated heterocycles. The first-order chi connectivity index (χ1) is 5.15. The van der Waals surface area contributed by atoms with Crippen LogP contribution in [0.3, 0.4) is 0 Å². The van der Waals surface area contributed by atoms with Crippen molar-refractivity contribution < 1.29 is 4.39 Å². The number of rotatable bonds is 0. The Morgan fingerprint density at radius 2 is 2.18 bits per heavy atom. The quantitative estimate of drug-likeness (QED) is 0.633. The van der Waals surface area contributed by atoms with E-state index in [-0.39, 0.29) is 10.6 Å². The summed E-state index contributed by atoms with van der Waals surface area (Å²) in [5.74, 6) is -0.597. The van der Waals surface area contributed by atoms with Crippen LogP contribution >= 0.6 is 27.5 Å². The predicted molar refractivity (Wildman–Crippen MR) is 43.8 cm³/mol. The minimum absolute atomic E-state index is 0.0127. The van der Waals surface area contributed by atoms with E-state index in [2.05, 4.69) is 15.9 Å². The van der Waals surface area contributed by atoms with Gasteiger partial charge in [0, 0.05) is 4.47 Å². The Labute approximate surface area is 76.5 Å². The molecule has 0 atom stereocenters. The van der Waals surface area contributed by atoms with E-state index in [0.717, 1.165) is 6.07 Å². The zero-order valence-electron chi connectivity index (χ0n) is 5.24. The topological polar surface area (TPSA) is 23.8 Å². The van der Waals surface area contributed by atoms with Crippen LogP contribution in [0.15, 0.2) is 16.6 Å². The molecule has 1 nitrogen and oxygen atoms in total. The lowest BCUT2D eigenvalue weighted by molar-refractivity contribution is 0.623. The van der Waals surface area contributed by atoms with Gasteiger partial charge in [-0.05, 0) is 28.1 Å². The fraction of sp³-hybridized carbons (Fsp3) is 0. The monoisotopic (exact) mass is 233 g/mol. The van der Waals surface area contributed by atoms with E-state index in [1.807, 2.05) is 0 Å². The summed E-state index contributed by atoms with van der Waals surface area (Å²) in [6.07, 6.45) is 0. The lowest BCUT2D eigenvalue weighted by Gasteiger charge is -1.96. The van der Waals surface area contributed by atoms with Crippen LogP contribution in [0, 0.1) is 17.1 Å². The van der Waals surface area contributed by atoms with Crippen LogP contribution in [0.5, 0.6) is 0 Å². The van der Waals surface area contributed by atoms with Gasteiger partial charge in [0.05, 0.1) is 10.6 Å². The van der Waals surface area contributed by atoms with E-state index in [9.17, 15) is 4.39 Å². The Balaban J connectivity index is 3.35. The number of nitrogens with zero attached hydrogens (tertiary/aromatic N) is 1. The molecule has 0 aromatic heterocycles. The van der Waals surface area contributed by atoms with Crippen molar-refractivity contribution in [2.45, 2.75) is 0 Å². The van der Waals surface area contributed by atoms with Crippen LogP contribution in [0.2, 0.25) is 5.02 Å². The number of nitriles is 1. The molecule has 11 heavy (non-hydrogen) atoms. The van der Waals surface area contributed by atoms with Crippen LogP contribution in [-0.2, 0) is 0 Å². The lowest BCUT2D eigenvalue weighted by Crippen LogP contribution is -1.83. The first-order valence-corrected chi connectivity index (χ1v) is 3.87. The first kappa shape index (κ1) is 8.51. The van der Waals surface area contributed by atoms with Crippen molar-refractivity contribution in [1.82, 2.24) is 0 Å². The molecule has 1 aromatic rings. The Bertz CT molecular complexity index is 332. The molecule has 1 aromatic carbocycles. The molecule has 0 amide bonds. The molecule has 1 rings (SSSR count). The number of halogens is 3. The standard InChI is InChI=1S/C7H2BrClFN/c8-5-1-4(3-11)7(10)2-6(5)9/h1-2H. The molecule has 0 aliphatic heterocycles. The minimum atomic E-state index is -0.597. The van der Waals surface area contributed by atoms with Gasteiger partial charge in [-0.25, -0.2) is 4.39 Å². The Morgan fingerprint density at radius 1 is 1.55 bits per heavy atom. The molecule has 56 valence electrons. The normalized spacial score (nSPS) is 9.27. The van der Waals surface area contributed by atoms with Gasteiger partial charge >= 0.3 is 0 Å². The maximum Gasteiger partial charge on any atom is 0.142 e. The van der Waals surface area contributed by atoms with Gasteiger partial charge in [0.2, 0.25) is 0 Å². The van der Waals surface area contributed by atoms with Gasteiger partial charge in [-0.1, -0.05) is 11.6 Å². The van der Waals surface area contributed by atoms with E-state index in [0.29, 0.717) is 4.47 Å². The number of benzene rings is 1. The second kappa shape index (κ2) is 3.21. The summed E-state index contributed by atoms with van der Waals surface area (Å²) in [5.41, 5.74) is -0.0127. The van der Waals surface area contributed by atoms with Crippen molar-refractivity contribution in [3.8, 4) is 6.07 Å². The first-order valence-electron chi connectivity index (χ1n) is 2.70. The zero-order valence-corrected chi connectivity index (χ0v) is 7.58. The number of hydrogen-bond acceptors (Lipinski definition) is 1. The largest absolute Gasteiger partial charge is 0.205 e. The van der Waals surface area contributed by atoms with E-state index < -0.39 is 5.82 Å². The minimum Gasteiger partial charge on any atom is -0.205 e. The van der Waals surface area contributed by atoms with Crippen LogP contribution in [0.1, 0.15) is 5.56 Å². The highest BCUT2D eigenvalue weighted by molar-refractivity contribution is 9.10. The van der Waals surface area contributed by atoms with E-state index in [1.54, 1.807) is 6.07 Å². The van der Waals surface area contributed by atoms with Crippen LogP contribution in [0.4, 0.5) is 4.39 Å². The van der Waals surface area contributed by atoms with Gasteiger partial charge in [-0.15, -0.1) is 0 Å². The molecule has 0 bridgehead atoms. The second-order valence-corrected chi connectivity index (χ2v) is 3.12. The van der Waals surface area contributed by atoms with Gasteiger partial charge in [0.25, 0.3) is 0 Å². The molecule has 0 saturated carbocycles. The van der Waals surface area contributed by atoms with E-state index in [4.69, 9.17) is 16.9 Å². The average molecular weight is 234 g/mol. The van der Waals surface area contributed by atoms with Crippen molar-refractivity contribution in [3.05, 3.63) is 33.0 Å². The fourth-order valence-corrected chi connectivity index (χ4v) is 1.10. The van der Waals surface area contributed by atoms with Crippen molar-refractivity contribution >= 4 is 27.5 Å². The Hall–Kier alpha value is -0.590. The second-order valence-electron chi connectivity index (χ2n) is 1.86. The van der Waals surface area contributed by atoms with Crippen molar-refractivity contribution in [1.29, 1.82) is 5.26 Å². The van der Waals surface area contributed by atoms with Crippen molar-refractivity contribution in [2.24, 2.45) is 0 Å². The van der Waals surface area contributed by atoms with E-state index >= 15 is 0 Å². The molecule has 0 radical (unpaired) electrons. The maximum absolute atomic E-state index is 12.7. The molecular weight excluding hydrogens is 232 g/mol. The summed E-state index contributed by atoms with van der Waals surface area (Å²) in [6.45, 7) is 0. The molecular formula is C7H2BrClFN. The Kier molecular flexibility index (Phi) is 2.48. The van der Waals surface area contributed by atoms with Crippen LogP contribution < -0.4 is 0 Å². The summed E-state index contributed by atoms with van der Waals surface area (Å²) in [7, 11) is 0. The number of hydrogen-bond donors (Lipinski definition) is 0. The molecule has 0 spiro atoms. The molecule has 4 heteroatoms. The highest BCUT2D eigenvalue weighted by Crippen LogP contribution is 2.24. The summed E-state index contributed by atoms with van der Waals surface area (Å²) in [6, 6.07) is 4.15. The van der Waals surface area contributed by atoms with Crippen molar-refractivity contribution in [3.63, 3.8) is 0 Å². The SMILES string of the molecule is N#Cc1cc(Br)c(Cl)cc1F. The van der Waals surface area contributed by atoms with E-state index in [1.165, 1.54) is 6.07 Å². The molecule has 0 fully saturated rings. The third-order valence-corrected chi connectivity index (χ3v) is 2.33. The summed E-state index contributed by atoms with van der Waals surface area (Å²) >= 11 is 8.62. The van der Waals surface area contributed by atoms with Crippen LogP contribution in [-0.4, -0.2) is 0 Å². The molecule has 0 unspecified atom stereocenters. The smallest absolute Gasteiger partial charge is 0.142 e. The summed E-state index contributed by atoms with van der Waals surface area (Å²) in [5, 5.41) is 8.65. The summed E-state index contributed by atoms with van der Waals surface area (Å²) in [4.78, 5) is 0. The predicted octanol–water partition coefficient (Wildman–Crippen LogP) is 3.11. The zero-order chi connectivity index (χ0) is 8.43. The maximum atomic E-state index is 12.7. The fourth-order valence-electron chi connectivity index (χ4n) is 0.608. The van der Waals surface area contributed by atoms with Gasteiger partial charge < -0.3 is 0 Å². The molecule has 0 heterocycles. The van der Waals surface area contributed by atoms with Gasteiger partial charge in [-0.3, -0.25) is 0 Å². The lowest BCUT2D eigenvalue weighted by atomic mass is 10.2. The molecule has 0 N–H and O–H groups in total. The van der Waals surface area contributed by atoms with Gasteiger partial charge in [0.15, 0.2) is 0 Å². The average Bonchev–Trinajstić information content (AvgIpc) is 1.97. The molecule has 0 aliphatic carbocycles. The van der Waals surface area contributed by atoms with Gasteiger partial charge in [-0.2, -0.15) is 5.26 Å². The highest BCUT2D eigenvalue weighted by atomic mass is 79.9.